The van der Waals surface area contributed by atoms with E-state index in [4.69, 9.17) is 0 Å². The minimum absolute atomic E-state index is 0.296. The first-order chi connectivity index (χ1) is 4.22. The third-order valence-corrected chi connectivity index (χ3v) is 2.04. The van der Waals surface area contributed by atoms with Gasteiger partial charge >= 0.3 is 0 Å². The molecular weight excluding hydrogens is 136 g/mol. The van der Waals surface area contributed by atoms with Gasteiger partial charge in [-0.05, 0) is 24.4 Å². The zero-order valence-electron chi connectivity index (χ0n) is 5.66. The van der Waals surface area contributed by atoms with Crippen LogP contribution < -0.4 is 0 Å². The van der Waals surface area contributed by atoms with Gasteiger partial charge < -0.3 is 4.55 Å². The molecule has 0 bridgehead atoms. The summed E-state index contributed by atoms with van der Waals surface area (Å²) in [7, 11) is 0. The van der Waals surface area contributed by atoms with Gasteiger partial charge in [0.2, 0.25) is 0 Å². The normalized spacial score (nSPS) is 18.1. The van der Waals surface area contributed by atoms with E-state index in [1.807, 2.05) is 13.8 Å². The van der Waals surface area contributed by atoms with Gasteiger partial charge in [-0.25, -0.2) is 0 Å². The van der Waals surface area contributed by atoms with Gasteiger partial charge in [0, 0.05) is 5.25 Å². The summed E-state index contributed by atoms with van der Waals surface area (Å²) in [4.78, 5) is 0. The second-order valence-electron chi connectivity index (χ2n) is 1.73. The molecule has 0 aliphatic carbocycles. The van der Waals surface area contributed by atoms with Crippen molar-refractivity contribution in [3.05, 3.63) is 12.2 Å². The molecule has 0 aliphatic heterocycles. The maximum absolute atomic E-state index is 10.3. The average molecular weight is 147 g/mol. The van der Waals surface area contributed by atoms with Crippen molar-refractivity contribution >= 4 is 11.1 Å². The standard InChI is InChI=1S/C6H12O2S/c1-3-5-6(4-2)9(7)8/h3,5-6H,4H2,1-2H3,(H,7,8)/p-1. The van der Waals surface area contributed by atoms with Gasteiger partial charge in [-0.1, -0.05) is 19.1 Å². The van der Waals surface area contributed by atoms with Crippen LogP contribution in [0.4, 0.5) is 0 Å². The number of rotatable bonds is 3. The van der Waals surface area contributed by atoms with Gasteiger partial charge in [0.1, 0.15) is 0 Å². The van der Waals surface area contributed by atoms with Crippen molar-refractivity contribution in [3.63, 3.8) is 0 Å². The molecule has 2 atom stereocenters. The van der Waals surface area contributed by atoms with Crippen LogP contribution in [0.15, 0.2) is 12.2 Å². The largest absolute Gasteiger partial charge is 0.772 e. The Morgan fingerprint density at radius 1 is 1.78 bits per heavy atom. The first-order valence-electron chi connectivity index (χ1n) is 2.93. The van der Waals surface area contributed by atoms with E-state index in [1.165, 1.54) is 0 Å². The minimum Gasteiger partial charge on any atom is -0.772 e. The summed E-state index contributed by atoms with van der Waals surface area (Å²) >= 11 is -1.94. The van der Waals surface area contributed by atoms with Crippen molar-refractivity contribution in [2.24, 2.45) is 0 Å². The molecule has 2 unspecified atom stereocenters. The van der Waals surface area contributed by atoms with Crippen LogP contribution in [0.1, 0.15) is 20.3 Å². The van der Waals surface area contributed by atoms with Crippen LogP contribution in [0, 0.1) is 0 Å². The molecule has 0 N–H and O–H groups in total. The minimum atomic E-state index is -1.94. The van der Waals surface area contributed by atoms with E-state index in [9.17, 15) is 8.76 Å². The molecule has 54 valence electrons. The molecule has 0 saturated heterocycles. The molecular formula is C6H11O2S-. The summed E-state index contributed by atoms with van der Waals surface area (Å²) in [5.41, 5.74) is 0. The Labute approximate surface area is 58.3 Å². The average Bonchev–Trinajstić information content (AvgIpc) is 1.82. The Bertz CT molecular complexity index is 120. The Kier molecular flexibility index (Phi) is 4.62. The van der Waals surface area contributed by atoms with E-state index in [1.54, 1.807) is 12.2 Å². The van der Waals surface area contributed by atoms with E-state index < -0.39 is 11.1 Å². The SMILES string of the molecule is CC=CC(CC)S(=O)[O-]. The third-order valence-electron chi connectivity index (χ3n) is 1.06. The molecule has 0 fully saturated rings. The van der Waals surface area contributed by atoms with Crippen LogP contribution in [0.2, 0.25) is 0 Å². The molecule has 9 heavy (non-hydrogen) atoms. The van der Waals surface area contributed by atoms with Crippen molar-refractivity contribution in [1.29, 1.82) is 0 Å². The lowest BCUT2D eigenvalue weighted by Crippen LogP contribution is -2.09. The molecule has 2 nitrogen and oxygen atoms in total. The molecule has 0 spiro atoms. The van der Waals surface area contributed by atoms with Gasteiger partial charge in [-0.2, -0.15) is 0 Å². The monoisotopic (exact) mass is 147 g/mol. The molecule has 0 heterocycles. The van der Waals surface area contributed by atoms with Gasteiger partial charge in [-0.3, -0.25) is 4.21 Å². The van der Waals surface area contributed by atoms with Crippen molar-refractivity contribution in [2.75, 3.05) is 0 Å². The van der Waals surface area contributed by atoms with Crippen LogP contribution in [-0.4, -0.2) is 14.0 Å². The van der Waals surface area contributed by atoms with Crippen LogP contribution in [0.25, 0.3) is 0 Å². The second-order valence-corrected chi connectivity index (χ2v) is 2.86. The molecule has 0 aliphatic rings. The molecule has 0 amide bonds. The molecule has 0 saturated carbocycles. The van der Waals surface area contributed by atoms with Crippen LogP contribution in [0.3, 0.4) is 0 Å². The van der Waals surface area contributed by atoms with E-state index in [0.29, 0.717) is 6.42 Å². The third kappa shape index (κ3) is 3.43. The van der Waals surface area contributed by atoms with Crippen molar-refractivity contribution in [1.82, 2.24) is 0 Å². The summed E-state index contributed by atoms with van der Waals surface area (Å²) in [5.74, 6) is 0. The van der Waals surface area contributed by atoms with E-state index in [-0.39, 0.29) is 5.25 Å². The summed E-state index contributed by atoms with van der Waals surface area (Å²) < 4.78 is 20.5. The molecule has 0 radical (unpaired) electrons. The maximum atomic E-state index is 10.3. The Hall–Kier alpha value is -0.150. The predicted molar refractivity (Wildman–Crippen MR) is 37.8 cm³/mol. The zero-order valence-corrected chi connectivity index (χ0v) is 6.48. The number of hydrogen-bond donors (Lipinski definition) is 0. The zero-order chi connectivity index (χ0) is 7.28. The fraction of sp³-hybridized carbons (Fsp3) is 0.667. The predicted octanol–water partition coefficient (Wildman–Crippen LogP) is 1.22. The lowest BCUT2D eigenvalue weighted by molar-refractivity contribution is 0.528. The molecule has 0 aromatic carbocycles. The van der Waals surface area contributed by atoms with Crippen LogP contribution in [-0.2, 0) is 11.1 Å². The van der Waals surface area contributed by atoms with Gasteiger partial charge in [0.05, 0.1) is 0 Å². The number of hydrogen-bond acceptors (Lipinski definition) is 2. The summed E-state index contributed by atoms with van der Waals surface area (Å²) in [5, 5.41) is -0.296. The first-order valence-corrected chi connectivity index (χ1v) is 4.07. The van der Waals surface area contributed by atoms with Crippen LogP contribution in [0.5, 0.6) is 0 Å². The second kappa shape index (κ2) is 4.70. The highest BCUT2D eigenvalue weighted by Crippen LogP contribution is 2.00. The lowest BCUT2D eigenvalue weighted by atomic mass is 10.3. The molecule has 0 rings (SSSR count). The quantitative estimate of drug-likeness (QED) is 0.445. The van der Waals surface area contributed by atoms with Crippen molar-refractivity contribution in [2.45, 2.75) is 25.5 Å². The van der Waals surface area contributed by atoms with Crippen LogP contribution >= 0.6 is 0 Å². The summed E-state index contributed by atoms with van der Waals surface area (Å²) in [6, 6.07) is 0. The van der Waals surface area contributed by atoms with E-state index in [2.05, 4.69) is 0 Å². The number of allylic oxidation sites excluding steroid dienone is 1. The topological polar surface area (TPSA) is 40.1 Å². The fourth-order valence-corrected chi connectivity index (χ4v) is 1.11. The smallest absolute Gasteiger partial charge is 0.0392 e. The Balaban J connectivity index is 3.83. The van der Waals surface area contributed by atoms with Crippen molar-refractivity contribution < 1.29 is 8.76 Å². The first kappa shape index (κ1) is 8.85. The highest BCUT2D eigenvalue weighted by molar-refractivity contribution is 7.80. The van der Waals surface area contributed by atoms with Gasteiger partial charge in [0.25, 0.3) is 0 Å². The highest BCUT2D eigenvalue weighted by Gasteiger charge is 1.98. The summed E-state index contributed by atoms with van der Waals surface area (Å²) in [6.07, 6.45) is 4.09. The fourth-order valence-electron chi connectivity index (χ4n) is 0.551. The molecule has 3 heteroatoms. The highest BCUT2D eigenvalue weighted by atomic mass is 32.2. The molecule has 0 aromatic rings. The molecule has 0 aromatic heterocycles. The summed E-state index contributed by atoms with van der Waals surface area (Å²) in [6.45, 7) is 3.66. The van der Waals surface area contributed by atoms with Gasteiger partial charge in [-0.15, -0.1) is 0 Å². The lowest BCUT2D eigenvalue weighted by Gasteiger charge is -2.12. The Morgan fingerprint density at radius 3 is 2.44 bits per heavy atom. The van der Waals surface area contributed by atoms with E-state index in [0.717, 1.165) is 0 Å². The van der Waals surface area contributed by atoms with Crippen molar-refractivity contribution in [3.8, 4) is 0 Å². The van der Waals surface area contributed by atoms with Gasteiger partial charge in [0.15, 0.2) is 0 Å². The van der Waals surface area contributed by atoms with E-state index >= 15 is 0 Å². The Morgan fingerprint density at radius 2 is 2.33 bits per heavy atom. The maximum Gasteiger partial charge on any atom is 0.0392 e.